The molecule has 2 heterocycles. The van der Waals surface area contributed by atoms with Gasteiger partial charge in [-0.1, -0.05) is 0 Å². The first-order chi connectivity index (χ1) is 8.01. The van der Waals surface area contributed by atoms with E-state index in [1.165, 1.54) is 0 Å². The maximum absolute atomic E-state index is 12.3. The van der Waals surface area contributed by atoms with Gasteiger partial charge in [-0.25, -0.2) is 0 Å². The first-order valence-corrected chi connectivity index (χ1v) is 7.91. The first kappa shape index (κ1) is 13.3. The highest BCUT2D eigenvalue weighted by atomic mass is 32.2. The lowest BCUT2D eigenvalue weighted by Crippen LogP contribution is -2.53. The molecule has 0 radical (unpaired) electrons. The molecule has 0 N–H and O–H groups in total. The van der Waals surface area contributed by atoms with Crippen LogP contribution in [-0.2, 0) is 10.2 Å². The van der Waals surface area contributed by atoms with Crippen LogP contribution in [0.15, 0.2) is 0 Å². The van der Waals surface area contributed by atoms with Gasteiger partial charge >= 0.3 is 0 Å². The van der Waals surface area contributed by atoms with Gasteiger partial charge in [0.1, 0.15) is 0 Å². The highest BCUT2D eigenvalue weighted by Crippen LogP contribution is 2.18. The second-order valence-corrected chi connectivity index (χ2v) is 7.07. The second-order valence-electron chi connectivity index (χ2n) is 5.14. The van der Waals surface area contributed by atoms with E-state index in [4.69, 9.17) is 0 Å². The molecule has 100 valence electrons. The Hall–Kier alpha value is -0.170. The third-order valence-electron chi connectivity index (χ3n) is 3.72. The molecule has 0 aromatic carbocycles. The Morgan fingerprint density at radius 2 is 1.29 bits per heavy atom. The summed E-state index contributed by atoms with van der Waals surface area (Å²) in [7, 11) is -3.17. The van der Waals surface area contributed by atoms with Gasteiger partial charge in [-0.3, -0.25) is 4.90 Å². The monoisotopic (exact) mass is 261 g/mol. The Kier molecular flexibility index (Phi) is 4.07. The van der Waals surface area contributed by atoms with E-state index in [9.17, 15) is 8.42 Å². The summed E-state index contributed by atoms with van der Waals surface area (Å²) in [6, 6.07) is 0.506. The lowest BCUT2D eigenvalue weighted by molar-refractivity contribution is 0.150. The van der Waals surface area contributed by atoms with Gasteiger partial charge in [-0.2, -0.15) is 17.0 Å². The highest BCUT2D eigenvalue weighted by molar-refractivity contribution is 7.86. The topological polar surface area (TPSA) is 43.9 Å². The molecule has 0 aliphatic carbocycles. The molecule has 0 atom stereocenters. The Labute approximate surface area is 105 Å². The average Bonchev–Trinajstić information content (AvgIpc) is 2.83. The van der Waals surface area contributed by atoms with E-state index in [1.807, 2.05) is 0 Å². The van der Waals surface area contributed by atoms with Gasteiger partial charge in [-0.15, -0.1) is 0 Å². The van der Waals surface area contributed by atoms with Crippen LogP contribution in [0.25, 0.3) is 0 Å². The van der Waals surface area contributed by atoms with Gasteiger partial charge in [0.05, 0.1) is 0 Å². The fourth-order valence-corrected chi connectivity index (χ4v) is 4.20. The van der Waals surface area contributed by atoms with Crippen molar-refractivity contribution in [1.82, 2.24) is 13.5 Å². The molecule has 0 spiro atoms. The summed E-state index contributed by atoms with van der Waals surface area (Å²) >= 11 is 0. The maximum Gasteiger partial charge on any atom is 0.282 e. The van der Waals surface area contributed by atoms with E-state index in [0.29, 0.717) is 32.2 Å². The molecule has 2 fully saturated rings. The summed E-state index contributed by atoms with van der Waals surface area (Å²) < 4.78 is 27.9. The molecule has 2 saturated heterocycles. The minimum Gasteiger partial charge on any atom is -0.298 e. The molecule has 0 amide bonds. The largest absolute Gasteiger partial charge is 0.298 e. The maximum atomic E-state index is 12.3. The number of hydrogen-bond acceptors (Lipinski definition) is 3. The van der Waals surface area contributed by atoms with Crippen molar-refractivity contribution in [2.45, 2.75) is 32.7 Å². The minimum atomic E-state index is -3.17. The van der Waals surface area contributed by atoms with Crippen molar-refractivity contribution in [2.75, 3.05) is 39.3 Å². The Bertz CT molecular complexity index is 342. The number of rotatable bonds is 3. The number of nitrogens with zero attached hydrogens (tertiary/aromatic N) is 3. The second kappa shape index (κ2) is 5.22. The molecule has 0 saturated carbocycles. The molecule has 5 nitrogen and oxygen atoms in total. The fraction of sp³-hybridized carbons (Fsp3) is 1.00. The van der Waals surface area contributed by atoms with Crippen LogP contribution < -0.4 is 0 Å². The van der Waals surface area contributed by atoms with Gasteiger partial charge in [-0.05, 0) is 26.7 Å². The van der Waals surface area contributed by atoms with Crippen molar-refractivity contribution >= 4 is 10.2 Å². The van der Waals surface area contributed by atoms with Crippen LogP contribution >= 0.6 is 0 Å². The molecule has 0 aromatic rings. The van der Waals surface area contributed by atoms with Crippen LogP contribution in [0.5, 0.6) is 0 Å². The van der Waals surface area contributed by atoms with Gasteiger partial charge in [0.25, 0.3) is 10.2 Å². The van der Waals surface area contributed by atoms with Crippen LogP contribution in [0.2, 0.25) is 0 Å². The van der Waals surface area contributed by atoms with E-state index in [-0.39, 0.29) is 0 Å². The molecule has 0 unspecified atom stereocenters. The smallest absolute Gasteiger partial charge is 0.282 e. The van der Waals surface area contributed by atoms with Crippen molar-refractivity contribution in [1.29, 1.82) is 0 Å². The standard InChI is InChI=1S/C11H23N3O2S/c1-11(2)12-7-9-14(10-8-12)17(15,16)13-5-3-4-6-13/h11H,3-10H2,1-2H3. The summed E-state index contributed by atoms with van der Waals surface area (Å²) in [6.07, 6.45) is 2.01. The van der Waals surface area contributed by atoms with E-state index >= 15 is 0 Å². The fourth-order valence-electron chi connectivity index (χ4n) is 2.53. The summed E-state index contributed by atoms with van der Waals surface area (Å²) in [4.78, 5) is 2.33. The molecule has 2 aliphatic rings. The number of hydrogen-bond donors (Lipinski definition) is 0. The SMILES string of the molecule is CC(C)N1CCN(S(=O)(=O)N2CCCC2)CC1. The van der Waals surface area contributed by atoms with Crippen LogP contribution in [-0.4, -0.2) is 67.2 Å². The van der Waals surface area contributed by atoms with E-state index in [0.717, 1.165) is 25.9 Å². The van der Waals surface area contributed by atoms with Gasteiger partial charge in [0, 0.05) is 45.3 Å². The molecular formula is C11H23N3O2S. The van der Waals surface area contributed by atoms with Crippen molar-refractivity contribution in [3.63, 3.8) is 0 Å². The van der Waals surface area contributed by atoms with E-state index in [1.54, 1.807) is 8.61 Å². The highest BCUT2D eigenvalue weighted by Gasteiger charge is 2.33. The zero-order valence-electron chi connectivity index (χ0n) is 10.8. The normalized spacial score (nSPS) is 25.8. The van der Waals surface area contributed by atoms with Crippen LogP contribution in [0, 0.1) is 0 Å². The Morgan fingerprint density at radius 1 is 0.824 bits per heavy atom. The first-order valence-electron chi connectivity index (χ1n) is 6.51. The average molecular weight is 261 g/mol. The minimum absolute atomic E-state index is 0.506. The quantitative estimate of drug-likeness (QED) is 0.736. The molecule has 17 heavy (non-hydrogen) atoms. The zero-order chi connectivity index (χ0) is 12.5. The summed E-state index contributed by atoms with van der Waals surface area (Å²) in [5.41, 5.74) is 0. The van der Waals surface area contributed by atoms with Gasteiger partial charge in [0.15, 0.2) is 0 Å². The summed E-state index contributed by atoms with van der Waals surface area (Å²) in [6.45, 7) is 8.69. The predicted octanol–water partition coefficient (Wildman–Crippen LogP) is 0.353. The van der Waals surface area contributed by atoms with Crippen LogP contribution in [0.1, 0.15) is 26.7 Å². The predicted molar refractivity (Wildman–Crippen MR) is 68.0 cm³/mol. The van der Waals surface area contributed by atoms with E-state index in [2.05, 4.69) is 18.7 Å². The van der Waals surface area contributed by atoms with E-state index < -0.39 is 10.2 Å². The van der Waals surface area contributed by atoms with Crippen molar-refractivity contribution in [3.8, 4) is 0 Å². The molecule has 2 aliphatic heterocycles. The Morgan fingerprint density at radius 3 is 1.76 bits per heavy atom. The van der Waals surface area contributed by atoms with Crippen LogP contribution in [0.3, 0.4) is 0 Å². The van der Waals surface area contributed by atoms with Crippen molar-refractivity contribution in [2.24, 2.45) is 0 Å². The summed E-state index contributed by atoms with van der Waals surface area (Å²) in [5.74, 6) is 0. The van der Waals surface area contributed by atoms with Crippen molar-refractivity contribution in [3.05, 3.63) is 0 Å². The lowest BCUT2D eigenvalue weighted by atomic mass is 10.3. The molecule has 6 heteroatoms. The lowest BCUT2D eigenvalue weighted by Gasteiger charge is -2.37. The van der Waals surface area contributed by atoms with Gasteiger partial charge in [0.2, 0.25) is 0 Å². The van der Waals surface area contributed by atoms with Crippen molar-refractivity contribution < 1.29 is 8.42 Å². The third kappa shape index (κ3) is 2.81. The molecular weight excluding hydrogens is 238 g/mol. The third-order valence-corrected chi connectivity index (χ3v) is 5.76. The Balaban J connectivity index is 1.95. The van der Waals surface area contributed by atoms with Gasteiger partial charge < -0.3 is 0 Å². The van der Waals surface area contributed by atoms with Crippen LogP contribution in [0.4, 0.5) is 0 Å². The molecule has 2 rings (SSSR count). The molecule has 0 bridgehead atoms. The molecule has 0 aromatic heterocycles. The zero-order valence-corrected chi connectivity index (χ0v) is 11.6. The summed E-state index contributed by atoms with van der Waals surface area (Å²) in [5, 5.41) is 0. The number of piperazine rings is 1.